The van der Waals surface area contributed by atoms with Gasteiger partial charge in [0.25, 0.3) is 11.1 Å². The standard InChI is InChI=1S/C17H16N2O3S/c1-11-5-3-7-13(9-11)19-16(20)15(23-17(19)21)18-12-6-4-8-14(10-12)22-2/h3-10,15,18H,1-2H3. The van der Waals surface area contributed by atoms with E-state index in [0.29, 0.717) is 11.4 Å². The van der Waals surface area contributed by atoms with Crippen LogP contribution in [0, 0.1) is 6.92 Å². The van der Waals surface area contributed by atoms with E-state index in [1.165, 1.54) is 4.90 Å². The SMILES string of the molecule is COc1cccc(NC2SC(=O)N(c3cccc(C)c3)C2=O)c1. The van der Waals surface area contributed by atoms with Crippen LogP contribution >= 0.6 is 11.8 Å². The Morgan fingerprint density at radius 1 is 1.13 bits per heavy atom. The number of anilines is 2. The maximum absolute atomic E-state index is 12.6. The fourth-order valence-corrected chi connectivity index (χ4v) is 3.27. The molecule has 0 aromatic heterocycles. The number of carbonyl (C=O) groups is 2. The molecule has 23 heavy (non-hydrogen) atoms. The second kappa shape index (κ2) is 6.34. The van der Waals surface area contributed by atoms with Gasteiger partial charge >= 0.3 is 0 Å². The lowest BCUT2D eigenvalue weighted by Gasteiger charge is -2.15. The molecule has 2 aromatic rings. The number of imide groups is 1. The van der Waals surface area contributed by atoms with Crippen molar-refractivity contribution in [1.29, 1.82) is 0 Å². The fraction of sp³-hybridized carbons (Fsp3) is 0.176. The molecule has 0 spiro atoms. The number of nitrogens with zero attached hydrogens (tertiary/aromatic N) is 1. The van der Waals surface area contributed by atoms with Crippen molar-refractivity contribution >= 4 is 34.3 Å². The summed E-state index contributed by atoms with van der Waals surface area (Å²) in [5.41, 5.74) is 2.33. The smallest absolute Gasteiger partial charge is 0.295 e. The number of benzene rings is 2. The summed E-state index contributed by atoms with van der Waals surface area (Å²) < 4.78 is 5.16. The van der Waals surface area contributed by atoms with Gasteiger partial charge in [0, 0.05) is 11.8 Å². The summed E-state index contributed by atoms with van der Waals surface area (Å²) in [7, 11) is 1.58. The molecule has 1 atom stereocenters. The molecule has 1 saturated heterocycles. The predicted octanol–water partition coefficient (Wildman–Crippen LogP) is 3.64. The number of amides is 2. The molecule has 1 aliphatic heterocycles. The minimum atomic E-state index is -0.643. The van der Waals surface area contributed by atoms with Crippen LogP contribution in [0.3, 0.4) is 0 Å². The molecule has 118 valence electrons. The molecule has 1 unspecified atom stereocenters. The molecule has 1 aliphatic rings. The second-order valence-corrected chi connectivity index (χ2v) is 6.21. The van der Waals surface area contributed by atoms with Crippen molar-refractivity contribution in [1.82, 2.24) is 0 Å². The summed E-state index contributed by atoms with van der Waals surface area (Å²) in [4.78, 5) is 26.0. The van der Waals surface area contributed by atoms with Crippen LogP contribution in [0.1, 0.15) is 5.56 Å². The Bertz CT molecular complexity index is 763. The highest BCUT2D eigenvalue weighted by Gasteiger charge is 2.40. The minimum absolute atomic E-state index is 0.270. The molecule has 0 bridgehead atoms. The van der Waals surface area contributed by atoms with Crippen molar-refractivity contribution in [3.05, 3.63) is 54.1 Å². The zero-order valence-corrected chi connectivity index (χ0v) is 13.6. The number of methoxy groups -OCH3 is 1. The minimum Gasteiger partial charge on any atom is -0.497 e. The van der Waals surface area contributed by atoms with Crippen molar-refractivity contribution in [3.8, 4) is 5.75 Å². The van der Waals surface area contributed by atoms with E-state index in [9.17, 15) is 9.59 Å². The van der Waals surface area contributed by atoms with Gasteiger partial charge in [-0.2, -0.15) is 0 Å². The molecule has 5 nitrogen and oxygen atoms in total. The lowest BCUT2D eigenvalue weighted by Crippen LogP contribution is -2.34. The first-order chi connectivity index (χ1) is 11.1. The van der Waals surface area contributed by atoms with Gasteiger partial charge in [-0.1, -0.05) is 18.2 Å². The third-order valence-corrected chi connectivity index (χ3v) is 4.41. The van der Waals surface area contributed by atoms with Gasteiger partial charge in [0.15, 0.2) is 5.37 Å². The normalized spacial score (nSPS) is 17.5. The molecule has 6 heteroatoms. The summed E-state index contributed by atoms with van der Waals surface area (Å²) in [5.74, 6) is 0.417. The summed E-state index contributed by atoms with van der Waals surface area (Å²) in [6, 6.07) is 14.6. The number of ether oxygens (including phenoxy) is 1. The number of aryl methyl sites for hydroxylation is 1. The van der Waals surface area contributed by atoms with Crippen molar-refractivity contribution < 1.29 is 14.3 Å². The Hall–Kier alpha value is -2.47. The molecule has 0 radical (unpaired) electrons. The molecule has 1 heterocycles. The van der Waals surface area contributed by atoms with Crippen molar-refractivity contribution in [2.75, 3.05) is 17.3 Å². The van der Waals surface area contributed by atoms with Gasteiger partial charge in [-0.05, 0) is 48.5 Å². The Kier molecular flexibility index (Phi) is 4.25. The Labute approximate surface area is 138 Å². The van der Waals surface area contributed by atoms with E-state index in [1.54, 1.807) is 19.2 Å². The van der Waals surface area contributed by atoms with E-state index in [0.717, 1.165) is 23.0 Å². The molecule has 0 saturated carbocycles. The highest BCUT2D eigenvalue weighted by Crippen LogP contribution is 2.33. The second-order valence-electron chi connectivity index (χ2n) is 5.15. The van der Waals surface area contributed by atoms with Crippen LogP contribution < -0.4 is 15.0 Å². The van der Waals surface area contributed by atoms with Crippen LogP contribution in [0.25, 0.3) is 0 Å². The molecule has 1 fully saturated rings. The monoisotopic (exact) mass is 328 g/mol. The van der Waals surface area contributed by atoms with E-state index in [4.69, 9.17) is 4.74 Å². The highest BCUT2D eigenvalue weighted by molar-refractivity contribution is 8.16. The first-order valence-corrected chi connectivity index (χ1v) is 7.98. The van der Waals surface area contributed by atoms with E-state index < -0.39 is 5.37 Å². The zero-order valence-electron chi connectivity index (χ0n) is 12.8. The van der Waals surface area contributed by atoms with Crippen molar-refractivity contribution in [2.45, 2.75) is 12.3 Å². The van der Waals surface area contributed by atoms with Gasteiger partial charge in [-0.25, -0.2) is 4.90 Å². The lowest BCUT2D eigenvalue weighted by molar-refractivity contribution is -0.116. The summed E-state index contributed by atoms with van der Waals surface area (Å²) in [6.45, 7) is 1.92. The first kappa shape index (κ1) is 15.4. The maximum Gasteiger partial charge on any atom is 0.295 e. The summed E-state index contributed by atoms with van der Waals surface area (Å²) >= 11 is 0.976. The van der Waals surface area contributed by atoms with Crippen LogP contribution in [-0.4, -0.2) is 23.6 Å². The molecule has 3 rings (SSSR count). The number of carbonyl (C=O) groups excluding carboxylic acids is 2. The summed E-state index contributed by atoms with van der Waals surface area (Å²) in [5, 5.41) is 2.16. The maximum atomic E-state index is 12.6. The number of thioether (sulfide) groups is 1. The largest absolute Gasteiger partial charge is 0.497 e. The average Bonchev–Trinajstić information content (AvgIpc) is 2.81. The quantitative estimate of drug-likeness (QED) is 0.928. The first-order valence-electron chi connectivity index (χ1n) is 7.10. The van der Waals surface area contributed by atoms with Crippen molar-refractivity contribution in [2.24, 2.45) is 0 Å². The third kappa shape index (κ3) is 3.17. The fourth-order valence-electron chi connectivity index (χ4n) is 2.37. The zero-order chi connectivity index (χ0) is 16.4. The van der Waals surface area contributed by atoms with Gasteiger partial charge in [-0.15, -0.1) is 0 Å². The Morgan fingerprint density at radius 2 is 1.91 bits per heavy atom. The number of hydrogen-bond donors (Lipinski definition) is 1. The van der Waals surface area contributed by atoms with Gasteiger partial charge in [0.1, 0.15) is 5.75 Å². The highest BCUT2D eigenvalue weighted by atomic mass is 32.2. The molecule has 1 N–H and O–H groups in total. The molecule has 0 aliphatic carbocycles. The topological polar surface area (TPSA) is 58.6 Å². The van der Waals surface area contributed by atoms with E-state index in [-0.39, 0.29) is 11.1 Å². The number of rotatable bonds is 4. The van der Waals surface area contributed by atoms with Gasteiger partial charge in [0.2, 0.25) is 0 Å². The van der Waals surface area contributed by atoms with Crippen LogP contribution in [-0.2, 0) is 4.79 Å². The van der Waals surface area contributed by atoms with Gasteiger partial charge in [-0.3, -0.25) is 9.59 Å². The van der Waals surface area contributed by atoms with Gasteiger partial charge < -0.3 is 10.1 Å². The predicted molar refractivity (Wildman–Crippen MR) is 92.1 cm³/mol. The number of hydrogen-bond acceptors (Lipinski definition) is 5. The Balaban J connectivity index is 1.81. The van der Waals surface area contributed by atoms with E-state index >= 15 is 0 Å². The number of nitrogens with one attached hydrogen (secondary N) is 1. The van der Waals surface area contributed by atoms with Gasteiger partial charge in [0.05, 0.1) is 12.8 Å². The summed E-state index contributed by atoms with van der Waals surface area (Å²) in [6.07, 6.45) is 0. The van der Waals surface area contributed by atoms with E-state index in [2.05, 4.69) is 5.32 Å². The molecular weight excluding hydrogens is 312 g/mol. The molecule has 2 aromatic carbocycles. The van der Waals surface area contributed by atoms with Crippen LogP contribution in [0.15, 0.2) is 48.5 Å². The van der Waals surface area contributed by atoms with Crippen molar-refractivity contribution in [3.63, 3.8) is 0 Å². The lowest BCUT2D eigenvalue weighted by atomic mass is 10.2. The van der Waals surface area contributed by atoms with E-state index in [1.807, 2.05) is 43.3 Å². The average molecular weight is 328 g/mol. The third-order valence-electron chi connectivity index (χ3n) is 3.47. The molecule has 2 amide bonds. The van der Waals surface area contributed by atoms with Crippen LogP contribution in [0.4, 0.5) is 16.2 Å². The molecular formula is C17H16N2O3S. The van der Waals surface area contributed by atoms with Crippen LogP contribution in [0.2, 0.25) is 0 Å². The van der Waals surface area contributed by atoms with Crippen LogP contribution in [0.5, 0.6) is 5.75 Å². The Morgan fingerprint density at radius 3 is 2.65 bits per heavy atom.